The van der Waals surface area contributed by atoms with Crippen LogP contribution in [0.1, 0.15) is 421 Å². The topological polar surface area (TPSA) is 237 Å². The number of esters is 4. The van der Waals surface area contributed by atoms with Gasteiger partial charge in [0.15, 0.2) is 12.2 Å². The number of hydrogen-bond acceptors (Lipinski definition) is 15. The van der Waals surface area contributed by atoms with Gasteiger partial charge in [0.25, 0.3) is 0 Å². The zero-order valence-corrected chi connectivity index (χ0v) is 68.3. The van der Waals surface area contributed by atoms with E-state index in [-0.39, 0.29) is 25.7 Å². The van der Waals surface area contributed by atoms with Gasteiger partial charge >= 0.3 is 39.5 Å². The molecule has 0 aromatic heterocycles. The molecule has 0 spiro atoms. The standard InChI is InChI=1S/C82H160O17P2/c1-72(2)58-50-42-34-27-21-15-11-9-10-12-18-24-30-38-46-54-62-79(84)92-68-77(98-81(86)64-56-48-39-31-25-19-13-16-22-28-35-43-51-59-73(3)4)70-96-100(88,89)94-66-76(83)67-95-101(90,91)97-71-78(69-93-80(85)63-55-47-41-33-37-45-53-61-75(7)8)99-82(87)65-57-49-40-32-26-20-14-17-23-29-36-44-52-60-74(5)6/h72-78,83H,9-71H2,1-8H3,(H,88,89)(H,90,91)/t76?,77-,78-/m1/s1. The van der Waals surface area contributed by atoms with Crippen molar-refractivity contribution in [2.75, 3.05) is 39.6 Å². The van der Waals surface area contributed by atoms with E-state index < -0.39 is 97.5 Å². The molecule has 0 aliphatic rings. The van der Waals surface area contributed by atoms with Crippen molar-refractivity contribution in [3.05, 3.63) is 0 Å². The summed E-state index contributed by atoms with van der Waals surface area (Å²) in [7, 11) is -9.92. The van der Waals surface area contributed by atoms with E-state index in [1.807, 2.05) is 0 Å². The van der Waals surface area contributed by atoms with Crippen LogP contribution in [0, 0.1) is 23.7 Å². The number of carbonyl (C=O) groups excluding carboxylic acids is 4. The summed E-state index contributed by atoms with van der Waals surface area (Å²) in [6.07, 6.45) is 58.3. The first kappa shape index (κ1) is 99.1. The van der Waals surface area contributed by atoms with Gasteiger partial charge in [0.05, 0.1) is 26.4 Å². The van der Waals surface area contributed by atoms with Crippen LogP contribution in [0.4, 0.5) is 0 Å². The van der Waals surface area contributed by atoms with Crippen molar-refractivity contribution in [3.63, 3.8) is 0 Å². The molecule has 0 radical (unpaired) electrons. The second kappa shape index (κ2) is 71.0. The Labute approximate surface area is 619 Å². The normalized spacial score (nSPS) is 14.0. The lowest BCUT2D eigenvalue weighted by atomic mass is 10.0. The van der Waals surface area contributed by atoms with Crippen molar-refractivity contribution in [1.82, 2.24) is 0 Å². The Morgan fingerprint density at radius 1 is 0.248 bits per heavy atom. The molecule has 0 heterocycles. The highest BCUT2D eigenvalue weighted by molar-refractivity contribution is 7.47. The Morgan fingerprint density at radius 3 is 0.614 bits per heavy atom. The Balaban J connectivity index is 5.24. The Bertz CT molecular complexity index is 1970. The van der Waals surface area contributed by atoms with Gasteiger partial charge in [-0.15, -0.1) is 0 Å². The molecule has 3 N–H and O–H groups in total. The van der Waals surface area contributed by atoms with E-state index in [9.17, 15) is 43.2 Å². The molecular weight excluding hydrogens is 1320 g/mol. The molecule has 17 nitrogen and oxygen atoms in total. The predicted octanol–water partition coefficient (Wildman–Crippen LogP) is 24.4. The number of aliphatic hydroxyl groups excluding tert-OH is 1. The minimum Gasteiger partial charge on any atom is -0.462 e. The summed E-state index contributed by atoms with van der Waals surface area (Å²) >= 11 is 0. The number of aliphatic hydroxyl groups is 1. The largest absolute Gasteiger partial charge is 0.472 e. The van der Waals surface area contributed by atoms with Gasteiger partial charge in [0.2, 0.25) is 0 Å². The number of ether oxygens (including phenoxy) is 4. The number of hydrogen-bond donors (Lipinski definition) is 3. The fourth-order valence-corrected chi connectivity index (χ4v) is 14.2. The summed E-state index contributed by atoms with van der Waals surface area (Å²) in [6, 6.07) is 0. The highest BCUT2D eigenvalue weighted by Crippen LogP contribution is 2.45. The van der Waals surface area contributed by atoms with Crippen molar-refractivity contribution < 1.29 is 80.2 Å². The lowest BCUT2D eigenvalue weighted by Gasteiger charge is -2.21. The van der Waals surface area contributed by atoms with Gasteiger partial charge in [-0.3, -0.25) is 37.3 Å². The maximum absolute atomic E-state index is 13.1. The molecule has 0 saturated carbocycles. The molecule has 0 aromatic carbocycles. The minimum atomic E-state index is -4.96. The first-order valence-electron chi connectivity index (χ1n) is 42.2. The van der Waals surface area contributed by atoms with Gasteiger partial charge in [-0.1, -0.05) is 370 Å². The fourth-order valence-electron chi connectivity index (χ4n) is 12.6. The molecule has 600 valence electrons. The maximum Gasteiger partial charge on any atom is 0.472 e. The van der Waals surface area contributed by atoms with Crippen LogP contribution in [0.25, 0.3) is 0 Å². The van der Waals surface area contributed by atoms with E-state index in [4.69, 9.17) is 37.0 Å². The van der Waals surface area contributed by atoms with Crippen molar-refractivity contribution in [3.8, 4) is 0 Å². The molecule has 0 amide bonds. The zero-order valence-electron chi connectivity index (χ0n) is 66.5. The zero-order chi connectivity index (χ0) is 74.6. The van der Waals surface area contributed by atoms with Gasteiger partial charge in [-0.25, -0.2) is 9.13 Å². The van der Waals surface area contributed by atoms with E-state index in [0.29, 0.717) is 31.6 Å². The highest BCUT2D eigenvalue weighted by Gasteiger charge is 2.30. The van der Waals surface area contributed by atoms with E-state index in [0.717, 1.165) is 114 Å². The molecule has 0 saturated heterocycles. The third kappa shape index (κ3) is 76.1. The van der Waals surface area contributed by atoms with Crippen LogP contribution < -0.4 is 0 Å². The lowest BCUT2D eigenvalue weighted by Crippen LogP contribution is -2.30. The van der Waals surface area contributed by atoms with Crippen molar-refractivity contribution in [1.29, 1.82) is 0 Å². The second-order valence-corrected chi connectivity index (χ2v) is 34.3. The van der Waals surface area contributed by atoms with Crippen LogP contribution >= 0.6 is 15.6 Å². The summed E-state index contributed by atoms with van der Waals surface area (Å²) in [6.45, 7) is 14.3. The second-order valence-electron chi connectivity index (χ2n) is 31.4. The summed E-state index contributed by atoms with van der Waals surface area (Å²) in [5.74, 6) is 0.978. The Kier molecular flexibility index (Phi) is 69.6. The fraction of sp³-hybridized carbons (Fsp3) is 0.951. The molecular formula is C82H160O17P2. The van der Waals surface area contributed by atoms with Crippen LogP contribution in [0.15, 0.2) is 0 Å². The van der Waals surface area contributed by atoms with Crippen LogP contribution in [-0.2, 0) is 65.4 Å². The summed E-state index contributed by atoms with van der Waals surface area (Å²) < 4.78 is 68.7. The van der Waals surface area contributed by atoms with Crippen LogP contribution in [-0.4, -0.2) is 96.7 Å². The first-order valence-corrected chi connectivity index (χ1v) is 45.2. The summed E-state index contributed by atoms with van der Waals surface area (Å²) in [4.78, 5) is 73.1. The summed E-state index contributed by atoms with van der Waals surface area (Å²) in [5, 5.41) is 10.6. The van der Waals surface area contributed by atoms with Crippen molar-refractivity contribution >= 4 is 39.5 Å². The van der Waals surface area contributed by atoms with Crippen LogP contribution in [0.3, 0.4) is 0 Å². The monoisotopic (exact) mass is 1480 g/mol. The highest BCUT2D eigenvalue weighted by atomic mass is 31.2. The minimum absolute atomic E-state index is 0.106. The molecule has 0 aliphatic carbocycles. The third-order valence-electron chi connectivity index (χ3n) is 19.1. The quantitative estimate of drug-likeness (QED) is 0.0222. The molecule has 0 bridgehead atoms. The Hall–Kier alpha value is -1.94. The molecule has 0 aromatic rings. The molecule has 0 aliphatic heterocycles. The predicted molar refractivity (Wildman–Crippen MR) is 414 cm³/mol. The molecule has 0 rings (SSSR count). The first-order chi connectivity index (χ1) is 48.6. The van der Waals surface area contributed by atoms with Gasteiger partial charge in [-0.2, -0.15) is 0 Å². The smallest absolute Gasteiger partial charge is 0.462 e. The molecule has 101 heavy (non-hydrogen) atoms. The number of phosphoric ester groups is 2. The Morgan fingerprint density at radius 2 is 0.416 bits per heavy atom. The third-order valence-corrected chi connectivity index (χ3v) is 21.0. The van der Waals surface area contributed by atoms with Crippen molar-refractivity contribution in [2.24, 2.45) is 23.7 Å². The molecule has 0 fully saturated rings. The maximum atomic E-state index is 13.1. The molecule has 5 atom stereocenters. The average molecular weight is 1480 g/mol. The van der Waals surface area contributed by atoms with Gasteiger partial charge < -0.3 is 33.8 Å². The average Bonchev–Trinajstić information content (AvgIpc) is 1.01. The van der Waals surface area contributed by atoms with Gasteiger partial charge in [-0.05, 0) is 49.4 Å². The SMILES string of the molecule is CC(C)CCCCCCCCCCCCCCCCCCC(=O)OC[C@H](COP(=O)(O)OCC(O)COP(=O)(O)OC[C@@H](COC(=O)CCCCCCCCCC(C)C)OC(=O)CCCCCCCCCCCCCCCC(C)C)OC(=O)CCCCCCCCCCCCCCCC(C)C. The summed E-state index contributed by atoms with van der Waals surface area (Å²) in [5.41, 5.74) is 0. The van der Waals surface area contributed by atoms with Gasteiger partial charge in [0, 0.05) is 25.7 Å². The molecule has 3 unspecified atom stereocenters. The number of rotatable bonds is 79. The van der Waals surface area contributed by atoms with E-state index in [2.05, 4.69) is 55.4 Å². The van der Waals surface area contributed by atoms with E-state index in [1.165, 1.54) is 218 Å². The van der Waals surface area contributed by atoms with Crippen molar-refractivity contribution in [2.45, 2.75) is 440 Å². The number of unbranched alkanes of at least 4 members (excludes halogenated alkanes) is 45. The number of carbonyl (C=O) groups is 4. The van der Waals surface area contributed by atoms with Gasteiger partial charge in [0.1, 0.15) is 19.3 Å². The van der Waals surface area contributed by atoms with E-state index in [1.54, 1.807) is 0 Å². The number of phosphoric acid groups is 2. The van der Waals surface area contributed by atoms with Crippen LogP contribution in [0.2, 0.25) is 0 Å². The molecule has 19 heteroatoms. The van der Waals surface area contributed by atoms with E-state index >= 15 is 0 Å². The lowest BCUT2D eigenvalue weighted by molar-refractivity contribution is -0.161. The van der Waals surface area contributed by atoms with Crippen LogP contribution in [0.5, 0.6) is 0 Å².